The molecule has 4 rings (SSSR count). The van der Waals surface area contributed by atoms with Gasteiger partial charge in [-0.25, -0.2) is 4.39 Å². The second kappa shape index (κ2) is 12.8. The van der Waals surface area contributed by atoms with Crippen LogP contribution in [0.3, 0.4) is 0 Å². The summed E-state index contributed by atoms with van der Waals surface area (Å²) in [5, 5.41) is 0.200. The smallest absolute Gasteiger partial charge is 0.303 e. The van der Waals surface area contributed by atoms with Gasteiger partial charge < -0.3 is 32.8 Å². The highest BCUT2D eigenvalue weighted by atomic mass is 19.1. The standard InChI is InChI=1S/C29H27FO12/c1-14(31)36-13-24-26(38-15(2)32)27(39-16(3)33)28(40-17(4)34)29(42-24)41-20-9-10-21-23(11-20)37-12-22(25(21)35)18-5-7-19(30)8-6-18/h5-12,24,26-29H,13H2,1-4H3. The fourth-order valence-corrected chi connectivity index (χ4v) is 4.43. The first-order valence-electron chi connectivity index (χ1n) is 12.7. The normalized spacial score (nSPS) is 21.7. The molecular formula is C29H27FO12. The van der Waals surface area contributed by atoms with Crippen molar-refractivity contribution < 1.29 is 56.4 Å². The van der Waals surface area contributed by atoms with Crippen LogP contribution in [0.2, 0.25) is 0 Å². The molecule has 0 saturated carbocycles. The Morgan fingerprint density at radius 2 is 1.43 bits per heavy atom. The third kappa shape index (κ3) is 7.10. The van der Waals surface area contributed by atoms with Crippen LogP contribution in [-0.2, 0) is 42.9 Å². The van der Waals surface area contributed by atoms with Crippen LogP contribution in [0.5, 0.6) is 5.75 Å². The summed E-state index contributed by atoms with van der Waals surface area (Å²) in [6, 6.07) is 9.62. The van der Waals surface area contributed by atoms with Gasteiger partial charge in [0.2, 0.25) is 12.4 Å². The Morgan fingerprint density at radius 3 is 2.05 bits per heavy atom. The minimum Gasteiger partial charge on any atom is -0.463 e. The molecule has 2 heterocycles. The molecule has 42 heavy (non-hydrogen) atoms. The van der Waals surface area contributed by atoms with Crippen LogP contribution in [0.4, 0.5) is 4.39 Å². The summed E-state index contributed by atoms with van der Waals surface area (Å²) < 4.78 is 52.1. The summed E-state index contributed by atoms with van der Waals surface area (Å²) in [7, 11) is 0. The molecule has 0 amide bonds. The molecule has 1 aliphatic rings. The van der Waals surface area contributed by atoms with E-state index in [0.29, 0.717) is 5.56 Å². The van der Waals surface area contributed by atoms with Crippen LogP contribution >= 0.6 is 0 Å². The zero-order valence-corrected chi connectivity index (χ0v) is 23.0. The maximum absolute atomic E-state index is 13.3. The van der Waals surface area contributed by atoms with Gasteiger partial charge in [0, 0.05) is 33.8 Å². The van der Waals surface area contributed by atoms with E-state index in [1.165, 1.54) is 48.7 Å². The number of hydrogen-bond donors (Lipinski definition) is 0. The highest BCUT2D eigenvalue weighted by Gasteiger charge is 2.53. The van der Waals surface area contributed by atoms with Crippen molar-refractivity contribution in [3.8, 4) is 16.9 Å². The second-order valence-electron chi connectivity index (χ2n) is 9.33. The lowest BCUT2D eigenvalue weighted by Gasteiger charge is -2.43. The van der Waals surface area contributed by atoms with Crippen molar-refractivity contribution in [1.82, 2.24) is 0 Å². The van der Waals surface area contributed by atoms with E-state index in [4.69, 9.17) is 32.8 Å². The maximum Gasteiger partial charge on any atom is 0.303 e. The van der Waals surface area contributed by atoms with Gasteiger partial charge in [-0.1, -0.05) is 12.1 Å². The second-order valence-corrected chi connectivity index (χ2v) is 9.33. The van der Waals surface area contributed by atoms with Gasteiger partial charge in [0.1, 0.15) is 36.1 Å². The Morgan fingerprint density at radius 1 is 0.810 bits per heavy atom. The minimum atomic E-state index is -1.46. The number of ether oxygens (including phenoxy) is 6. The SMILES string of the molecule is CC(=O)OCC1OC(Oc2ccc3c(=O)c(-c4ccc(F)cc4)coc3c2)C(OC(C)=O)C(OC(C)=O)C1OC(C)=O. The number of carbonyl (C=O) groups excluding carboxylic acids is 4. The number of rotatable bonds is 8. The van der Waals surface area contributed by atoms with Crippen molar-refractivity contribution in [2.24, 2.45) is 0 Å². The molecule has 3 aromatic rings. The van der Waals surface area contributed by atoms with Crippen molar-refractivity contribution >= 4 is 34.8 Å². The lowest BCUT2D eigenvalue weighted by Crippen LogP contribution is -2.63. The first-order valence-corrected chi connectivity index (χ1v) is 12.7. The van der Waals surface area contributed by atoms with E-state index in [2.05, 4.69) is 0 Å². The van der Waals surface area contributed by atoms with Crippen molar-refractivity contribution in [3.63, 3.8) is 0 Å². The van der Waals surface area contributed by atoms with Crippen LogP contribution in [-0.4, -0.2) is 61.2 Å². The van der Waals surface area contributed by atoms with Gasteiger partial charge >= 0.3 is 23.9 Å². The fourth-order valence-electron chi connectivity index (χ4n) is 4.43. The first kappa shape index (κ1) is 30.2. The monoisotopic (exact) mass is 586 g/mol. The van der Waals surface area contributed by atoms with Gasteiger partial charge in [-0.3, -0.25) is 24.0 Å². The van der Waals surface area contributed by atoms with E-state index in [1.54, 1.807) is 0 Å². The van der Waals surface area contributed by atoms with Crippen molar-refractivity contribution in [1.29, 1.82) is 0 Å². The van der Waals surface area contributed by atoms with Gasteiger partial charge in [0.05, 0.1) is 10.9 Å². The third-order valence-electron chi connectivity index (χ3n) is 6.10. The molecule has 5 atom stereocenters. The van der Waals surface area contributed by atoms with E-state index in [9.17, 15) is 28.4 Å². The van der Waals surface area contributed by atoms with E-state index < -0.39 is 67.0 Å². The van der Waals surface area contributed by atoms with Crippen LogP contribution in [0, 0.1) is 5.82 Å². The summed E-state index contributed by atoms with van der Waals surface area (Å²) in [4.78, 5) is 60.6. The average Bonchev–Trinajstić information content (AvgIpc) is 2.91. The molecule has 1 saturated heterocycles. The Balaban J connectivity index is 1.70. The Bertz CT molecular complexity index is 1550. The van der Waals surface area contributed by atoms with E-state index in [-0.39, 0.29) is 27.7 Å². The summed E-state index contributed by atoms with van der Waals surface area (Å²) in [6.07, 6.45) is -5.62. The molecule has 2 aromatic carbocycles. The van der Waals surface area contributed by atoms with Crippen LogP contribution in [0.25, 0.3) is 22.1 Å². The zero-order valence-electron chi connectivity index (χ0n) is 23.0. The molecule has 0 radical (unpaired) electrons. The Hall–Kier alpha value is -4.78. The van der Waals surface area contributed by atoms with Crippen LogP contribution in [0.15, 0.2) is 57.9 Å². The van der Waals surface area contributed by atoms with E-state index in [0.717, 1.165) is 27.7 Å². The predicted octanol–water partition coefficient (Wildman–Crippen LogP) is 3.06. The van der Waals surface area contributed by atoms with E-state index >= 15 is 0 Å². The number of fused-ring (bicyclic) bond motifs is 1. The number of benzene rings is 2. The molecule has 0 spiro atoms. The van der Waals surface area contributed by atoms with Gasteiger partial charge in [-0.15, -0.1) is 0 Å². The lowest BCUT2D eigenvalue weighted by molar-refractivity contribution is -0.288. The topological polar surface area (TPSA) is 154 Å². The largest absolute Gasteiger partial charge is 0.463 e. The molecule has 222 valence electrons. The predicted molar refractivity (Wildman–Crippen MR) is 140 cm³/mol. The molecule has 5 unspecified atom stereocenters. The number of esters is 4. The molecule has 0 aliphatic carbocycles. The summed E-state index contributed by atoms with van der Waals surface area (Å²) in [5.41, 5.74) is 0.441. The molecule has 0 N–H and O–H groups in total. The van der Waals surface area contributed by atoms with Crippen LogP contribution < -0.4 is 10.2 Å². The van der Waals surface area contributed by atoms with Gasteiger partial charge in [-0.05, 0) is 29.8 Å². The summed E-state index contributed by atoms with van der Waals surface area (Å²) in [6.45, 7) is 4.07. The van der Waals surface area contributed by atoms with Crippen LogP contribution in [0.1, 0.15) is 27.7 Å². The molecule has 1 fully saturated rings. The quantitative estimate of drug-likeness (QED) is 0.281. The van der Waals surface area contributed by atoms with Gasteiger partial charge in [0.25, 0.3) is 0 Å². The number of halogens is 1. The Kier molecular flexibility index (Phi) is 9.21. The molecule has 1 aliphatic heterocycles. The third-order valence-corrected chi connectivity index (χ3v) is 6.10. The summed E-state index contributed by atoms with van der Waals surface area (Å²) >= 11 is 0. The molecule has 12 nitrogen and oxygen atoms in total. The van der Waals surface area contributed by atoms with Crippen molar-refractivity contribution in [3.05, 3.63) is 64.8 Å². The lowest BCUT2D eigenvalue weighted by atomic mass is 9.98. The first-order chi connectivity index (χ1) is 19.9. The summed E-state index contributed by atoms with van der Waals surface area (Å²) in [5.74, 6) is -3.35. The Labute approximate surface area is 238 Å². The molecular weight excluding hydrogens is 559 g/mol. The highest BCUT2D eigenvalue weighted by Crippen LogP contribution is 2.32. The average molecular weight is 587 g/mol. The molecule has 1 aromatic heterocycles. The van der Waals surface area contributed by atoms with Gasteiger partial charge in [0.15, 0.2) is 17.6 Å². The number of hydrogen-bond acceptors (Lipinski definition) is 12. The fraction of sp³-hybridized carbons (Fsp3) is 0.345. The maximum atomic E-state index is 13.3. The van der Waals surface area contributed by atoms with Crippen molar-refractivity contribution in [2.75, 3.05) is 6.61 Å². The number of carbonyl (C=O) groups is 4. The van der Waals surface area contributed by atoms with Gasteiger partial charge in [-0.2, -0.15) is 0 Å². The zero-order chi connectivity index (χ0) is 30.6. The molecule has 13 heteroatoms. The minimum absolute atomic E-state index is 0.0982. The highest BCUT2D eigenvalue weighted by molar-refractivity contribution is 5.82. The van der Waals surface area contributed by atoms with E-state index in [1.807, 2.05) is 0 Å². The molecule has 0 bridgehead atoms. The van der Waals surface area contributed by atoms with Crippen molar-refractivity contribution in [2.45, 2.75) is 58.4 Å².